The van der Waals surface area contributed by atoms with Crippen LogP contribution in [0, 0.1) is 11.8 Å². The van der Waals surface area contributed by atoms with Crippen molar-refractivity contribution in [1.29, 1.82) is 0 Å². The lowest BCUT2D eigenvalue weighted by Gasteiger charge is -2.30. The predicted molar refractivity (Wildman–Crippen MR) is 189 cm³/mol. The van der Waals surface area contributed by atoms with Gasteiger partial charge < -0.3 is 0 Å². The van der Waals surface area contributed by atoms with E-state index in [-0.39, 0.29) is 57.1 Å². The van der Waals surface area contributed by atoms with Gasteiger partial charge in [0.25, 0.3) is 0 Å². The predicted octanol–water partition coefficient (Wildman–Crippen LogP) is 4.96. The molecule has 0 N–H and O–H groups in total. The highest BCUT2D eigenvalue weighted by atomic mass is 32.2. The van der Waals surface area contributed by atoms with Crippen LogP contribution in [0.15, 0.2) is 0 Å². The highest BCUT2D eigenvalue weighted by Crippen LogP contribution is 2.34. The molecule has 13 heteroatoms. The molecule has 1 aliphatic carbocycles. The van der Waals surface area contributed by atoms with Crippen molar-refractivity contribution in [3.8, 4) is 0 Å². The zero-order chi connectivity index (χ0) is 34.8. The lowest BCUT2D eigenvalue weighted by molar-refractivity contribution is -0.140. The first-order chi connectivity index (χ1) is 22.3. The van der Waals surface area contributed by atoms with E-state index in [9.17, 15) is 33.6 Å². The van der Waals surface area contributed by atoms with Gasteiger partial charge in [-0.05, 0) is 67.6 Å². The summed E-state index contributed by atoms with van der Waals surface area (Å²) in [5.74, 6) is 0.573. The van der Waals surface area contributed by atoms with Gasteiger partial charge in [0.1, 0.15) is 5.78 Å². The van der Waals surface area contributed by atoms with Crippen LogP contribution >= 0.6 is 35.3 Å². The van der Waals surface area contributed by atoms with E-state index < -0.39 is 0 Å². The fraction of sp³-hybridized carbons (Fsp3) is 0.794. The van der Waals surface area contributed by atoms with E-state index in [4.69, 9.17) is 0 Å². The summed E-state index contributed by atoms with van der Waals surface area (Å²) in [4.78, 5) is 88.5. The number of nitrogens with zero attached hydrogens (tertiary/aromatic N) is 3. The Hall–Kier alpha value is -1.86. The first-order valence-corrected chi connectivity index (χ1v) is 20.3. The van der Waals surface area contributed by atoms with Crippen LogP contribution in [-0.2, 0) is 33.6 Å². The van der Waals surface area contributed by atoms with Gasteiger partial charge in [-0.2, -0.15) is 11.8 Å². The number of amides is 6. The van der Waals surface area contributed by atoms with E-state index >= 15 is 0 Å². The average Bonchev–Trinajstić information content (AvgIpc) is 3.56. The zero-order valence-corrected chi connectivity index (χ0v) is 31.3. The topological polar surface area (TPSA) is 129 Å². The molecule has 3 atom stereocenters. The van der Waals surface area contributed by atoms with Crippen LogP contribution in [0.3, 0.4) is 0 Å². The number of imide groups is 3. The normalized spacial score (nSPS) is 26.7. The number of likely N-dealkylation sites (tertiary alicyclic amines) is 3. The molecule has 0 aromatic heterocycles. The van der Waals surface area contributed by atoms with Crippen LogP contribution in [0.25, 0.3) is 0 Å². The summed E-state index contributed by atoms with van der Waals surface area (Å²) in [6.45, 7) is 11.5. The second kappa shape index (κ2) is 18.8. The fourth-order valence-electron chi connectivity index (χ4n) is 6.60. The summed E-state index contributed by atoms with van der Waals surface area (Å²) in [5.41, 5.74) is 0. The lowest BCUT2D eigenvalue weighted by Crippen LogP contribution is -2.37. The van der Waals surface area contributed by atoms with Crippen molar-refractivity contribution < 1.29 is 33.6 Å². The number of Topliss-reactive ketones (excluding diaryl/α,β-unsaturated/α-hetero) is 1. The summed E-state index contributed by atoms with van der Waals surface area (Å²) < 4.78 is 0. The van der Waals surface area contributed by atoms with Crippen molar-refractivity contribution >= 4 is 76.5 Å². The van der Waals surface area contributed by atoms with Crippen molar-refractivity contribution in [2.24, 2.45) is 11.8 Å². The summed E-state index contributed by atoms with van der Waals surface area (Å²) >= 11 is 4.55. The Balaban J connectivity index is 0.000000257. The number of carbonyl (C=O) groups is 7. The Labute approximate surface area is 293 Å². The molecule has 0 bridgehead atoms. The Bertz CT molecular complexity index is 1170. The molecule has 0 spiro atoms. The van der Waals surface area contributed by atoms with Crippen molar-refractivity contribution in [2.75, 3.05) is 25.9 Å². The van der Waals surface area contributed by atoms with E-state index in [1.165, 1.54) is 26.5 Å². The van der Waals surface area contributed by atoms with Crippen LogP contribution in [0.5, 0.6) is 0 Å². The molecule has 0 aromatic rings. The number of ketones is 1. The van der Waals surface area contributed by atoms with E-state index in [1.807, 2.05) is 27.0 Å². The van der Waals surface area contributed by atoms with Crippen molar-refractivity contribution in [2.45, 2.75) is 131 Å². The molecule has 1 saturated carbocycles. The van der Waals surface area contributed by atoms with E-state index in [2.05, 4.69) is 13.8 Å². The van der Waals surface area contributed by atoms with E-state index in [1.54, 1.807) is 23.5 Å². The molecule has 4 aliphatic rings. The van der Waals surface area contributed by atoms with Crippen molar-refractivity contribution in [3.05, 3.63) is 0 Å². The number of hydrogen-bond donors (Lipinski definition) is 0. The third-order valence-electron chi connectivity index (χ3n) is 9.12. The highest BCUT2D eigenvalue weighted by Gasteiger charge is 2.41. The fourth-order valence-corrected chi connectivity index (χ4v) is 9.52. The monoisotopic (exact) mass is 711 g/mol. The maximum atomic E-state index is 12.4. The second-order valence-corrected chi connectivity index (χ2v) is 18.0. The van der Waals surface area contributed by atoms with E-state index in [0.29, 0.717) is 80.4 Å². The summed E-state index contributed by atoms with van der Waals surface area (Å²) in [6, 6.07) is 0. The third-order valence-corrected chi connectivity index (χ3v) is 12.5. The maximum absolute atomic E-state index is 12.4. The Morgan fingerprint density at radius 3 is 1.51 bits per heavy atom. The number of thioether (sulfide) groups is 3. The van der Waals surface area contributed by atoms with Crippen LogP contribution in [-0.4, -0.2) is 108 Å². The zero-order valence-electron chi connectivity index (χ0n) is 28.9. The van der Waals surface area contributed by atoms with Crippen LogP contribution in [0.1, 0.15) is 105 Å². The molecule has 47 heavy (non-hydrogen) atoms. The molecule has 0 aromatic carbocycles. The molecule has 6 amide bonds. The molecule has 3 unspecified atom stereocenters. The van der Waals surface area contributed by atoms with Crippen molar-refractivity contribution in [1.82, 2.24) is 14.7 Å². The first kappa shape index (κ1) is 39.6. The Morgan fingerprint density at radius 1 is 0.660 bits per heavy atom. The maximum Gasteiger partial charge on any atom is 0.242 e. The number of hydrogen-bond acceptors (Lipinski definition) is 10. The molecule has 10 nitrogen and oxygen atoms in total. The molecule has 4 rings (SSSR count). The minimum Gasteiger partial charge on any atom is -0.299 e. The summed E-state index contributed by atoms with van der Waals surface area (Å²) in [6.07, 6.45) is 9.34. The van der Waals surface area contributed by atoms with Crippen molar-refractivity contribution in [3.63, 3.8) is 0 Å². The van der Waals surface area contributed by atoms with Gasteiger partial charge in [-0.1, -0.05) is 34.6 Å². The highest BCUT2D eigenvalue weighted by molar-refractivity contribution is 8.01. The standard InChI is InChI=1S/C17H26N2O4S2.C17H27NO3S/c1-11(2)25-13-10-15(21)19(17(13)23)8-6-4-5-7-18-14(20)9-12(24-3)16(18)22;1-4-14(19)13-7-5-12(6-8-13)10-18-16(20)9-15(17(18)21)22-11(2)3/h11-13H,4-10H2,1-3H3;11-13,15H,4-10H2,1-3H3. The van der Waals surface area contributed by atoms with E-state index in [0.717, 1.165) is 32.1 Å². The molecular weight excluding hydrogens is 659 g/mol. The van der Waals surface area contributed by atoms with Gasteiger partial charge in [0.05, 0.1) is 15.7 Å². The minimum absolute atomic E-state index is 0.00421. The number of carbonyl (C=O) groups excluding carboxylic acids is 7. The van der Waals surface area contributed by atoms with Crippen LogP contribution in [0.2, 0.25) is 0 Å². The van der Waals surface area contributed by atoms with Gasteiger partial charge in [0.2, 0.25) is 35.4 Å². The number of unbranched alkanes of at least 4 members (excludes halogenated alkanes) is 2. The van der Waals surface area contributed by atoms with Gasteiger partial charge in [0, 0.05) is 51.2 Å². The SMILES string of the molecule is CCC(=O)C1CCC(CN2C(=O)CC(SC(C)C)C2=O)CC1.CSC1CC(=O)N(CCCCCN2C(=O)CC(SC(C)C)C2=O)C1=O. The first-order valence-electron chi connectivity index (χ1n) is 17.2. The molecule has 3 aliphatic heterocycles. The summed E-state index contributed by atoms with van der Waals surface area (Å²) in [7, 11) is 0. The molecule has 4 fully saturated rings. The Kier molecular flexibility index (Phi) is 15.8. The molecule has 3 saturated heterocycles. The Morgan fingerprint density at radius 2 is 1.09 bits per heavy atom. The molecular formula is C34H53N3O7S3. The summed E-state index contributed by atoms with van der Waals surface area (Å²) in [5, 5.41) is 0.0172. The van der Waals surface area contributed by atoms with Gasteiger partial charge in [-0.3, -0.25) is 48.3 Å². The minimum atomic E-state index is -0.240. The average molecular weight is 712 g/mol. The van der Waals surface area contributed by atoms with Gasteiger partial charge in [-0.15, -0.1) is 23.5 Å². The molecule has 0 radical (unpaired) electrons. The quantitative estimate of drug-likeness (QED) is 0.170. The van der Waals surface area contributed by atoms with Gasteiger partial charge in [-0.25, -0.2) is 0 Å². The lowest BCUT2D eigenvalue weighted by atomic mass is 9.79. The smallest absolute Gasteiger partial charge is 0.242 e. The van der Waals surface area contributed by atoms with Gasteiger partial charge >= 0.3 is 0 Å². The van der Waals surface area contributed by atoms with Crippen LogP contribution in [0.4, 0.5) is 0 Å². The second-order valence-electron chi connectivity index (χ2n) is 13.4. The third kappa shape index (κ3) is 11.1. The van der Waals surface area contributed by atoms with Gasteiger partial charge in [0.15, 0.2) is 0 Å². The number of rotatable bonds is 15. The molecule has 3 heterocycles. The van der Waals surface area contributed by atoms with Crippen LogP contribution < -0.4 is 0 Å². The molecule has 264 valence electrons. The largest absolute Gasteiger partial charge is 0.299 e.